The van der Waals surface area contributed by atoms with E-state index in [0.717, 1.165) is 16.8 Å². The summed E-state index contributed by atoms with van der Waals surface area (Å²) in [6.45, 7) is 1.21. The third-order valence-electron chi connectivity index (χ3n) is 4.41. The van der Waals surface area contributed by atoms with Crippen molar-refractivity contribution in [3.8, 4) is 6.07 Å². The van der Waals surface area contributed by atoms with Crippen LogP contribution >= 0.6 is 11.8 Å². The van der Waals surface area contributed by atoms with Gasteiger partial charge in [-0.3, -0.25) is 10.1 Å². The summed E-state index contributed by atoms with van der Waals surface area (Å²) in [6.07, 6.45) is -0.523. The lowest BCUT2D eigenvalue weighted by Crippen LogP contribution is -2.29. The number of nitrogens with zero attached hydrogens (tertiary/aromatic N) is 4. The Balaban J connectivity index is 1.66. The van der Waals surface area contributed by atoms with Crippen molar-refractivity contribution in [1.82, 2.24) is 9.91 Å². The predicted octanol–water partition coefficient (Wildman–Crippen LogP) is 3.74. The van der Waals surface area contributed by atoms with Crippen molar-refractivity contribution in [3.63, 3.8) is 0 Å². The first-order valence-electron chi connectivity index (χ1n) is 9.64. The third-order valence-corrected chi connectivity index (χ3v) is 5.28. The second-order valence-corrected chi connectivity index (χ2v) is 8.04. The average Bonchev–Trinajstić information content (AvgIpc) is 2.75. The summed E-state index contributed by atoms with van der Waals surface area (Å²) in [5, 5.41) is 17.4. The van der Waals surface area contributed by atoms with E-state index in [4.69, 9.17) is 10.00 Å². The molecule has 0 radical (unpaired) electrons. The maximum Gasteiger partial charge on any atom is 0.411 e. The van der Waals surface area contributed by atoms with Gasteiger partial charge in [0.25, 0.3) is 0 Å². The molecule has 0 saturated carbocycles. The SMILES string of the molecule is CN(C)CCOC(=O)Nc1cccc(CN2N=C(c3ccc(C#N)cc3)CSC2=O)c1. The lowest BCUT2D eigenvalue weighted by atomic mass is 10.1. The fourth-order valence-electron chi connectivity index (χ4n) is 2.79. The summed E-state index contributed by atoms with van der Waals surface area (Å²) >= 11 is 1.18. The van der Waals surface area contributed by atoms with Gasteiger partial charge in [-0.15, -0.1) is 0 Å². The van der Waals surface area contributed by atoms with E-state index in [1.807, 2.05) is 37.2 Å². The zero-order valence-electron chi connectivity index (χ0n) is 17.4. The number of benzene rings is 2. The smallest absolute Gasteiger partial charge is 0.411 e. The van der Waals surface area contributed by atoms with Crippen LogP contribution < -0.4 is 5.32 Å². The van der Waals surface area contributed by atoms with Crippen LogP contribution in [0.25, 0.3) is 0 Å². The van der Waals surface area contributed by atoms with Crippen LogP contribution in [0.4, 0.5) is 15.3 Å². The highest BCUT2D eigenvalue weighted by molar-refractivity contribution is 8.14. The van der Waals surface area contributed by atoms with Crippen LogP contribution in [0.3, 0.4) is 0 Å². The van der Waals surface area contributed by atoms with E-state index in [0.29, 0.717) is 30.2 Å². The Morgan fingerprint density at radius 1 is 1.29 bits per heavy atom. The van der Waals surface area contributed by atoms with E-state index < -0.39 is 6.09 Å². The van der Waals surface area contributed by atoms with Crippen LogP contribution in [-0.4, -0.2) is 60.0 Å². The number of anilines is 1. The van der Waals surface area contributed by atoms with Crippen LogP contribution in [0, 0.1) is 11.3 Å². The molecule has 3 rings (SSSR count). The van der Waals surface area contributed by atoms with Gasteiger partial charge in [0.05, 0.1) is 23.9 Å². The maximum atomic E-state index is 12.4. The number of ether oxygens (including phenoxy) is 1. The summed E-state index contributed by atoms with van der Waals surface area (Å²) in [4.78, 5) is 26.2. The first-order valence-corrected chi connectivity index (χ1v) is 10.6. The Morgan fingerprint density at radius 3 is 2.77 bits per heavy atom. The molecule has 2 aromatic rings. The zero-order valence-corrected chi connectivity index (χ0v) is 18.2. The molecule has 2 aromatic carbocycles. The number of thioether (sulfide) groups is 1. The molecule has 1 aliphatic rings. The van der Waals surface area contributed by atoms with E-state index in [1.165, 1.54) is 16.8 Å². The predicted molar refractivity (Wildman–Crippen MR) is 121 cm³/mol. The molecule has 1 aliphatic heterocycles. The average molecular weight is 438 g/mol. The van der Waals surface area contributed by atoms with Crippen molar-refractivity contribution < 1.29 is 14.3 Å². The molecule has 0 atom stereocenters. The molecule has 8 nitrogen and oxygen atoms in total. The Bertz CT molecular complexity index is 1010. The molecule has 0 aromatic heterocycles. The van der Waals surface area contributed by atoms with Crippen molar-refractivity contribution >= 4 is 34.5 Å². The number of hydrogen-bond acceptors (Lipinski definition) is 7. The van der Waals surface area contributed by atoms with Gasteiger partial charge in [-0.1, -0.05) is 36.0 Å². The summed E-state index contributed by atoms with van der Waals surface area (Å²) in [7, 11) is 3.81. The number of rotatable bonds is 7. The van der Waals surface area contributed by atoms with Gasteiger partial charge in [0.1, 0.15) is 6.61 Å². The number of hydrazone groups is 1. The number of carbonyl (C=O) groups is 2. The summed E-state index contributed by atoms with van der Waals surface area (Å²) in [5.41, 5.74) is 3.63. The molecule has 0 aliphatic carbocycles. The molecule has 0 spiro atoms. The Hall–Kier alpha value is -3.35. The first-order chi connectivity index (χ1) is 14.9. The number of amides is 2. The molecule has 0 saturated heterocycles. The largest absolute Gasteiger partial charge is 0.448 e. The van der Waals surface area contributed by atoms with Crippen molar-refractivity contribution in [3.05, 3.63) is 65.2 Å². The summed E-state index contributed by atoms with van der Waals surface area (Å²) < 4.78 is 5.14. The summed E-state index contributed by atoms with van der Waals surface area (Å²) in [6, 6.07) is 16.4. The van der Waals surface area contributed by atoms with Gasteiger partial charge in [-0.25, -0.2) is 9.80 Å². The van der Waals surface area contributed by atoms with Crippen LogP contribution in [0.5, 0.6) is 0 Å². The fraction of sp³-hybridized carbons (Fsp3) is 0.273. The van der Waals surface area contributed by atoms with E-state index >= 15 is 0 Å². The van der Waals surface area contributed by atoms with Crippen LogP contribution in [0.2, 0.25) is 0 Å². The quantitative estimate of drug-likeness (QED) is 0.709. The molecule has 160 valence electrons. The fourth-order valence-corrected chi connectivity index (χ4v) is 3.53. The van der Waals surface area contributed by atoms with Crippen molar-refractivity contribution in [2.24, 2.45) is 5.10 Å². The first kappa shape index (κ1) is 22.3. The monoisotopic (exact) mass is 437 g/mol. The zero-order chi connectivity index (χ0) is 22.2. The maximum absolute atomic E-state index is 12.4. The Morgan fingerprint density at radius 2 is 2.06 bits per heavy atom. The number of hydrogen-bond donors (Lipinski definition) is 1. The number of likely N-dealkylation sites (N-methyl/N-ethyl adjacent to an activating group) is 1. The van der Waals surface area contributed by atoms with E-state index in [1.54, 1.807) is 30.3 Å². The van der Waals surface area contributed by atoms with E-state index in [-0.39, 0.29) is 11.8 Å². The highest BCUT2D eigenvalue weighted by atomic mass is 32.2. The van der Waals surface area contributed by atoms with Gasteiger partial charge in [0.15, 0.2) is 0 Å². The molecule has 0 bridgehead atoms. The molecular weight excluding hydrogens is 414 g/mol. The molecule has 9 heteroatoms. The minimum absolute atomic E-state index is 0.140. The van der Waals surface area contributed by atoms with E-state index in [2.05, 4.69) is 16.5 Å². The van der Waals surface area contributed by atoms with Gasteiger partial charge in [-0.05, 0) is 49.5 Å². The highest BCUT2D eigenvalue weighted by Gasteiger charge is 2.22. The third kappa shape index (κ3) is 6.57. The molecule has 1 heterocycles. The molecule has 2 amide bonds. The minimum atomic E-state index is -0.523. The lowest BCUT2D eigenvalue weighted by Gasteiger charge is -2.23. The van der Waals surface area contributed by atoms with Gasteiger partial charge in [-0.2, -0.15) is 10.4 Å². The molecule has 1 N–H and O–H groups in total. The van der Waals surface area contributed by atoms with Crippen molar-refractivity contribution in [2.45, 2.75) is 6.54 Å². The van der Waals surface area contributed by atoms with Gasteiger partial charge < -0.3 is 9.64 Å². The Kier molecular flexibility index (Phi) is 7.65. The number of nitriles is 1. The van der Waals surface area contributed by atoms with Crippen LogP contribution in [-0.2, 0) is 11.3 Å². The van der Waals surface area contributed by atoms with Gasteiger partial charge >= 0.3 is 11.3 Å². The lowest BCUT2D eigenvalue weighted by molar-refractivity contribution is 0.151. The van der Waals surface area contributed by atoms with Crippen LogP contribution in [0.15, 0.2) is 53.6 Å². The molecule has 31 heavy (non-hydrogen) atoms. The normalized spacial score (nSPS) is 13.5. The number of nitrogens with one attached hydrogen (secondary N) is 1. The highest BCUT2D eigenvalue weighted by Crippen LogP contribution is 2.23. The van der Waals surface area contributed by atoms with Crippen LogP contribution in [0.1, 0.15) is 16.7 Å². The van der Waals surface area contributed by atoms with Gasteiger partial charge in [0.2, 0.25) is 0 Å². The van der Waals surface area contributed by atoms with Crippen molar-refractivity contribution in [1.29, 1.82) is 5.26 Å². The molecule has 0 fully saturated rings. The van der Waals surface area contributed by atoms with Crippen molar-refractivity contribution in [2.75, 3.05) is 38.3 Å². The van der Waals surface area contributed by atoms with E-state index in [9.17, 15) is 9.59 Å². The minimum Gasteiger partial charge on any atom is -0.448 e. The topological polar surface area (TPSA) is 98.0 Å². The number of carbonyl (C=O) groups excluding carboxylic acids is 2. The summed E-state index contributed by atoms with van der Waals surface area (Å²) in [5.74, 6) is 0.474. The molecule has 0 unspecified atom stereocenters. The Labute approximate surface area is 185 Å². The standard InChI is InChI=1S/C22H23N5O3S/c1-26(2)10-11-30-21(28)24-19-5-3-4-17(12-19)14-27-22(29)31-15-20(25-27)18-8-6-16(13-23)7-9-18/h3-9,12H,10-11,14-15H2,1-2H3,(H,24,28). The molecular formula is C22H23N5O3S. The van der Waals surface area contributed by atoms with Gasteiger partial charge in [0, 0.05) is 18.0 Å². The second-order valence-electron chi connectivity index (χ2n) is 7.11. The second kappa shape index (κ2) is 10.6.